The molecule has 2 unspecified atom stereocenters. The van der Waals surface area contributed by atoms with E-state index >= 15 is 0 Å². The van der Waals surface area contributed by atoms with Gasteiger partial charge in [0.2, 0.25) is 29.4 Å². The number of aromatic nitrogens is 10. The minimum Gasteiger partial charge on any atom is -0.475 e. The standard InChI is InChI=1S/C20H27FN2O.C16H20F2N2O2.C16H21FN2O2.2C16H22N2O2/c1-5-17-22-18-15(11-13(12-16(18)21)20(2,3)4)19(23-17)24-14-9-7-6-8-10-14;1-9(17)14-19-13-11(15(20-14)22-6-5-21)7-10(8-12(13)18)16(2,3)4;1-10(17)14-18-13-6-5-11(16(2,3)4)9-12(13)15(19-14)21-8-7-20;2*1-5-14-17-13-7-6-11(16(2,3)4)10-12(13)15(18-14)20-9-8-19/h11-12,14H,5-10H2,1-4H3;7-9,21H,5-6H2,1-4H3;5-6,9-10,20H,7-8H2,1-4H3;2*6-7,10,19H,5,8-9H2,1-4H3. The third-order valence-corrected chi connectivity index (χ3v) is 17.7. The zero-order valence-corrected chi connectivity index (χ0v) is 66.4. The summed E-state index contributed by atoms with van der Waals surface area (Å²) in [5.41, 5.74) is 7.76. The van der Waals surface area contributed by atoms with Crippen molar-refractivity contribution in [1.82, 2.24) is 49.8 Å². The van der Waals surface area contributed by atoms with Crippen molar-refractivity contribution in [2.45, 2.75) is 235 Å². The van der Waals surface area contributed by atoms with E-state index < -0.39 is 18.2 Å². The number of hydrogen-bond donors (Lipinski definition) is 4. The second-order valence-electron chi connectivity index (χ2n) is 31.7. The summed E-state index contributed by atoms with van der Waals surface area (Å²) in [7, 11) is 0. The Labute approximate surface area is 628 Å². The molecule has 1 fully saturated rings. The number of rotatable bonds is 19. The topological polar surface area (TPSA) is 256 Å². The van der Waals surface area contributed by atoms with Crippen LogP contribution in [-0.4, -0.2) is 129 Å². The summed E-state index contributed by atoms with van der Waals surface area (Å²) in [6.45, 7) is 40.4. The third kappa shape index (κ3) is 23.4. The predicted octanol–water partition coefficient (Wildman–Crippen LogP) is 17.9. The highest BCUT2D eigenvalue weighted by Crippen LogP contribution is 2.38. The van der Waals surface area contributed by atoms with Crippen LogP contribution in [0.25, 0.3) is 54.5 Å². The molecule has 0 bridgehead atoms. The average molecular weight is 1480 g/mol. The molecule has 0 aliphatic heterocycles. The first kappa shape index (κ1) is 85.6. The van der Waals surface area contributed by atoms with Crippen LogP contribution in [0.4, 0.5) is 17.6 Å². The van der Waals surface area contributed by atoms with E-state index in [9.17, 15) is 17.6 Å². The van der Waals surface area contributed by atoms with E-state index in [4.69, 9.17) is 44.1 Å². The Hall–Kier alpha value is -8.64. The molecule has 5 aromatic heterocycles. The van der Waals surface area contributed by atoms with Gasteiger partial charge < -0.3 is 44.1 Å². The van der Waals surface area contributed by atoms with E-state index in [1.54, 1.807) is 12.1 Å². The fraction of sp³-hybridized carbons (Fsp3) is 0.524. The first-order chi connectivity index (χ1) is 50.3. The molecule has 1 aliphatic carbocycles. The molecule has 5 heterocycles. The van der Waals surface area contributed by atoms with Gasteiger partial charge in [0.05, 0.1) is 69.9 Å². The van der Waals surface area contributed by atoms with Crippen LogP contribution in [0.15, 0.2) is 78.9 Å². The molecule has 23 heteroatoms. The Morgan fingerprint density at radius 1 is 0.364 bits per heavy atom. The maximum Gasteiger partial charge on any atom is 0.225 e. The first-order valence-corrected chi connectivity index (χ1v) is 37.2. The Kier molecular flexibility index (Phi) is 30.0. The van der Waals surface area contributed by atoms with Crippen LogP contribution in [0.5, 0.6) is 29.4 Å². The minimum atomic E-state index is -1.44. The van der Waals surface area contributed by atoms with Gasteiger partial charge in [-0.15, -0.1) is 0 Å². The highest BCUT2D eigenvalue weighted by Gasteiger charge is 2.27. The van der Waals surface area contributed by atoms with Gasteiger partial charge in [0.25, 0.3) is 0 Å². The Bertz CT molecular complexity index is 4490. The molecular weight excluding hydrogens is 1370 g/mol. The molecule has 107 heavy (non-hydrogen) atoms. The van der Waals surface area contributed by atoms with Gasteiger partial charge in [0, 0.05) is 19.3 Å². The third-order valence-electron chi connectivity index (χ3n) is 17.7. The fourth-order valence-corrected chi connectivity index (χ4v) is 11.3. The lowest BCUT2D eigenvalue weighted by Gasteiger charge is -2.24. The van der Waals surface area contributed by atoms with Gasteiger partial charge in [-0.3, -0.25) is 0 Å². The number of nitrogens with zero attached hydrogens (tertiary/aromatic N) is 10. The lowest BCUT2D eigenvalue weighted by atomic mass is 9.86. The molecule has 580 valence electrons. The van der Waals surface area contributed by atoms with Crippen molar-refractivity contribution in [3.63, 3.8) is 0 Å². The molecule has 1 aliphatic rings. The number of aliphatic hydroxyl groups excluding tert-OH is 4. The van der Waals surface area contributed by atoms with Crippen molar-refractivity contribution in [2.75, 3.05) is 52.9 Å². The fourth-order valence-electron chi connectivity index (χ4n) is 11.3. The van der Waals surface area contributed by atoms with E-state index in [0.717, 1.165) is 81.2 Å². The summed E-state index contributed by atoms with van der Waals surface area (Å²) < 4.78 is 84.3. The number of ether oxygens (including phenoxy) is 5. The maximum atomic E-state index is 14.7. The highest BCUT2D eigenvalue weighted by molar-refractivity contribution is 5.88. The van der Waals surface area contributed by atoms with Crippen molar-refractivity contribution in [2.24, 2.45) is 0 Å². The highest BCUT2D eigenvalue weighted by atomic mass is 19.1. The van der Waals surface area contributed by atoms with Crippen molar-refractivity contribution in [3.8, 4) is 29.4 Å². The molecule has 10 aromatic rings. The van der Waals surface area contributed by atoms with Gasteiger partial charge in [0.15, 0.2) is 24.0 Å². The zero-order valence-electron chi connectivity index (χ0n) is 66.4. The van der Waals surface area contributed by atoms with E-state index in [1.807, 2.05) is 77.9 Å². The van der Waals surface area contributed by atoms with Crippen LogP contribution in [-0.2, 0) is 46.3 Å². The Morgan fingerprint density at radius 3 is 1.01 bits per heavy atom. The number of fused-ring (bicyclic) bond motifs is 5. The van der Waals surface area contributed by atoms with Crippen molar-refractivity contribution in [3.05, 3.63) is 147 Å². The summed E-state index contributed by atoms with van der Waals surface area (Å²) in [4.78, 5) is 43.3. The summed E-state index contributed by atoms with van der Waals surface area (Å²) in [5, 5.41) is 39.3. The number of alkyl halides is 2. The number of hydrogen-bond acceptors (Lipinski definition) is 19. The normalized spacial score (nSPS) is 13.5. The van der Waals surface area contributed by atoms with E-state index in [-0.39, 0.29) is 115 Å². The number of halogens is 4. The van der Waals surface area contributed by atoms with Gasteiger partial charge >= 0.3 is 0 Å². The van der Waals surface area contributed by atoms with E-state index in [2.05, 4.69) is 157 Å². The van der Waals surface area contributed by atoms with Gasteiger partial charge in [-0.2, -0.15) is 24.9 Å². The largest absolute Gasteiger partial charge is 0.475 e. The maximum absolute atomic E-state index is 14.7. The molecule has 11 rings (SSSR count). The van der Waals surface area contributed by atoms with Crippen LogP contribution in [0, 0.1) is 11.6 Å². The lowest BCUT2D eigenvalue weighted by Crippen LogP contribution is -2.21. The smallest absolute Gasteiger partial charge is 0.225 e. The minimum absolute atomic E-state index is 0.00636. The molecule has 0 amide bonds. The molecule has 5 aromatic carbocycles. The molecular formula is C84H112F4N10O9. The number of benzene rings is 5. The quantitative estimate of drug-likeness (QED) is 0.0549. The number of aryl methyl sites for hydroxylation is 3. The van der Waals surface area contributed by atoms with Crippen LogP contribution in [0.1, 0.15) is 240 Å². The molecule has 4 N–H and O–H groups in total. The molecule has 0 saturated heterocycles. The van der Waals surface area contributed by atoms with E-state index in [0.29, 0.717) is 57.6 Å². The molecule has 0 radical (unpaired) electrons. The summed E-state index contributed by atoms with van der Waals surface area (Å²) in [5.74, 6) is 3.36. The van der Waals surface area contributed by atoms with Crippen molar-refractivity contribution < 1.29 is 61.7 Å². The van der Waals surface area contributed by atoms with Gasteiger partial charge in [-0.1, -0.05) is 149 Å². The van der Waals surface area contributed by atoms with Crippen LogP contribution in [0.3, 0.4) is 0 Å². The van der Waals surface area contributed by atoms with Crippen LogP contribution < -0.4 is 23.7 Å². The van der Waals surface area contributed by atoms with Crippen molar-refractivity contribution >= 4 is 54.5 Å². The second-order valence-corrected chi connectivity index (χ2v) is 31.7. The monoisotopic (exact) mass is 1480 g/mol. The summed E-state index contributed by atoms with van der Waals surface area (Å²) in [6, 6.07) is 25.0. The summed E-state index contributed by atoms with van der Waals surface area (Å²) >= 11 is 0. The van der Waals surface area contributed by atoms with Crippen LogP contribution >= 0.6 is 0 Å². The molecule has 2 atom stereocenters. The molecule has 19 nitrogen and oxygen atoms in total. The second kappa shape index (κ2) is 37.5. The predicted molar refractivity (Wildman–Crippen MR) is 416 cm³/mol. The van der Waals surface area contributed by atoms with E-state index in [1.165, 1.54) is 50.3 Å². The first-order valence-electron chi connectivity index (χ1n) is 37.2. The van der Waals surface area contributed by atoms with Crippen LogP contribution in [0.2, 0.25) is 0 Å². The molecule has 0 spiro atoms. The Balaban J connectivity index is 0.000000187. The van der Waals surface area contributed by atoms with Gasteiger partial charge in [0.1, 0.15) is 72.7 Å². The van der Waals surface area contributed by atoms with Crippen molar-refractivity contribution in [1.29, 1.82) is 0 Å². The molecule has 1 saturated carbocycles. The van der Waals surface area contributed by atoms with Gasteiger partial charge in [-0.05, 0) is 155 Å². The number of aliphatic hydroxyl groups is 4. The average Bonchev–Trinajstić information content (AvgIpc) is 0.782. The zero-order chi connectivity index (χ0) is 78.9. The van der Waals surface area contributed by atoms with Gasteiger partial charge in [-0.25, -0.2) is 42.5 Å². The lowest BCUT2D eigenvalue weighted by molar-refractivity contribution is 0.150. The SMILES string of the molecule is CC(F)c1nc(OCCO)c2cc(C(C)(C)C)cc(F)c2n1.CC(F)c1nc(OCCO)c2cc(C(C)(C)C)ccc2n1.CCc1nc(OC2CCCCC2)c2cc(C(C)(C)C)cc(F)c2n1.CCc1nc(OCCO)c2cc(C(C)(C)C)ccc2n1.CCc1nc(OCCO)c2cc(C(C)(C)C)ccc2n1. The summed E-state index contributed by atoms with van der Waals surface area (Å²) in [6.07, 6.45) is 5.40. The Morgan fingerprint density at radius 2 is 0.664 bits per heavy atom.